The molecule has 0 aromatic carbocycles. The van der Waals surface area contributed by atoms with E-state index < -0.39 is 5.60 Å². The summed E-state index contributed by atoms with van der Waals surface area (Å²) in [6.07, 6.45) is 11.3. The predicted molar refractivity (Wildman–Crippen MR) is 116 cm³/mol. The molecule has 1 aromatic rings. The summed E-state index contributed by atoms with van der Waals surface area (Å²) >= 11 is 6.26. The normalized spacial score (nSPS) is 22.5. The molecular weight excluding hydrogens is 388 g/mol. The molecule has 1 amide bonds. The first-order chi connectivity index (χ1) is 13.7. The third-order valence-electron chi connectivity index (χ3n) is 4.89. The van der Waals surface area contributed by atoms with E-state index in [1.165, 1.54) is 0 Å². The van der Waals surface area contributed by atoms with Gasteiger partial charge < -0.3 is 10.1 Å². The van der Waals surface area contributed by atoms with Crippen molar-refractivity contribution in [1.82, 2.24) is 20.2 Å². The molecular formula is C22H29ClN4O2. The van der Waals surface area contributed by atoms with Gasteiger partial charge in [-0.1, -0.05) is 24.8 Å². The zero-order chi connectivity index (χ0) is 21.0. The summed E-state index contributed by atoms with van der Waals surface area (Å²) in [7, 11) is 0. The van der Waals surface area contributed by atoms with E-state index in [9.17, 15) is 4.79 Å². The minimum atomic E-state index is -0.491. The Hall–Kier alpha value is -2.18. The first-order valence-electron chi connectivity index (χ1n) is 9.99. The highest BCUT2D eigenvalue weighted by Crippen LogP contribution is 2.30. The molecule has 1 fully saturated rings. The van der Waals surface area contributed by atoms with Crippen LogP contribution in [0.4, 0.5) is 4.79 Å². The summed E-state index contributed by atoms with van der Waals surface area (Å²) in [6.45, 7) is 11.7. The van der Waals surface area contributed by atoms with Gasteiger partial charge in [0, 0.05) is 31.0 Å². The molecule has 0 bridgehead atoms. The van der Waals surface area contributed by atoms with Crippen molar-refractivity contribution in [3.8, 4) is 0 Å². The number of allylic oxidation sites excluding steroid dienone is 5. The standard InChI is InChI=1S/C22H29ClN4O2/c1-15-7-8-16(12-18(15)23)17-13-25-20(26-14-17)19-6-5-10-27(19)11-9-24-21(28)29-22(2,3)4/h7-8,12-14,18-19H,1,5-6,9-11H2,2-4H3,(H,24,28). The Balaban J connectivity index is 1.57. The summed E-state index contributed by atoms with van der Waals surface area (Å²) in [5.41, 5.74) is 2.35. The first-order valence-corrected chi connectivity index (χ1v) is 10.4. The first kappa shape index (κ1) is 21.5. The van der Waals surface area contributed by atoms with Gasteiger partial charge in [0.25, 0.3) is 0 Å². The Morgan fingerprint density at radius 1 is 1.34 bits per heavy atom. The molecule has 1 aliphatic carbocycles. The van der Waals surface area contributed by atoms with E-state index in [2.05, 4.69) is 26.8 Å². The molecule has 2 aliphatic rings. The fraction of sp³-hybridized carbons (Fsp3) is 0.500. The number of ether oxygens (including phenoxy) is 1. The number of rotatable bonds is 5. The average Bonchev–Trinajstić information content (AvgIpc) is 3.11. The maximum absolute atomic E-state index is 11.8. The monoisotopic (exact) mass is 416 g/mol. The topological polar surface area (TPSA) is 67.4 Å². The molecule has 0 saturated carbocycles. The third kappa shape index (κ3) is 5.90. The van der Waals surface area contributed by atoms with Crippen molar-refractivity contribution < 1.29 is 9.53 Å². The number of hydrogen-bond donors (Lipinski definition) is 1. The van der Waals surface area contributed by atoms with E-state index in [4.69, 9.17) is 16.3 Å². The lowest BCUT2D eigenvalue weighted by molar-refractivity contribution is 0.0521. The largest absolute Gasteiger partial charge is 0.444 e. The highest BCUT2D eigenvalue weighted by molar-refractivity contribution is 6.24. The zero-order valence-electron chi connectivity index (χ0n) is 17.3. The highest BCUT2D eigenvalue weighted by Gasteiger charge is 2.28. The van der Waals surface area contributed by atoms with Crippen molar-refractivity contribution in [1.29, 1.82) is 0 Å². The molecule has 0 radical (unpaired) electrons. The van der Waals surface area contributed by atoms with E-state index in [1.807, 2.05) is 51.4 Å². The van der Waals surface area contributed by atoms with Gasteiger partial charge in [-0.15, -0.1) is 11.6 Å². The van der Waals surface area contributed by atoms with Crippen molar-refractivity contribution in [3.05, 3.63) is 54.2 Å². The lowest BCUT2D eigenvalue weighted by Gasteiger charge is -2.24. The van der Waals surface area contributed by atoms with Gasteiger partial charge in [-0.2, -0.15) is 0 Å². The number of amides is 1. The van der Waals surface area contributed by atoms with Crippen LogP contribution in [0.2, 0.25) is 0 Å². The van der Waals surface area contributed by atoms with Gasteiger partial charge in [0.15, 0.2) is 0 Å². The van der Waals surface area contributed by atoms with Crippen molar-refractivity contribution in [2.75, 3.05) is 19.6 Å². The molecule has 1 aliphatic heterocycles. The molecule has 1 aromatic heterocycles. The Morgan fingerprint density at radius 3 is 2.72 bits per heavy atom. The number of nitrogens with zero attached hydrogens (tertiary/aromatic N) is 3. The smallest absolute Gasteiger partial charge is 0.407 e. The summed E-state index contributed by atoms with van der Waals surface area (Å²) in [5.74, 6) is 0.816. The van der Waals surface area contributed by atoms with Gasteiger partial charge in [0.2, 0.25) is 0 Å². The second-order valence-electron chi connectivity index (χ2n) is 8.38. The number of nitrogens with one attached hydrogen (secondary N) is 1. The molecule has 2 heterocycles. The van der Waals surface area contributed by atoms with Crippen LogP contribution in [0, 0.1) is 0 Å². The quantitative estimate of drug-likeness (QED) is 0.726. The molecule has 2 atom stereocenters. The molecule has 6 nitrogen and oxygen atoms in total. The van der Waals surface area contributed by atoms with Crippen molar-refractivity contribution in [2.45, 2.75) is 50.6 Å². The Morgan fingerprint density at radius 2 is 2.07 bits per heavy atom. The van der Waals surface area contributed by atoms with Gasteiger partial charge in [-0.25, -0.2) is 14.8 Å². The van der Waals surface area contributed by atoms with Crippen molar-refractivity contribution >= 4 is 23.3 Å². The number of aromatic nitrogens is 2. The lowest BCUT2D eigenvalue weighted by atomic mass is 9.99. The fourth-order valence-electron chi connectivity index (χ4n) is 3.46. The number of likely N-dealkylation sites (tertiary alicyclic amines) is 1. The van der Waals surface area contributed by atoms with Crippen LogP contribution in [0.15, 0.2) is 42.8 Å². The van der Waals surface area contributed by atoms with Crippen LogP contribution >= 0.6 is 11.6 Å². The van der Waals surface area contributed by atoms with Crippen LogP contribution in [-0.2, 0) is 4.74 Å². The van der Waals surface area contributed by atoms with Gasteiger partial charge in [-0.3, -0.25) is 4.90 Å². The van der Waals surface area contributed by atoms with Crippen molar-refractivity contribution in [2.24, 2.45) is 0 Å². The number of alkyl halides is 1. The minimum Gasteiger partial charge on any atom is -0.444 e. The predicted octanol–water partition coefficient (Wildman–Crippen LogP) is 4.26. The Bertz CT molecular complexity index is 811. The van der Waals surface area contributed by atoms with Gasteiger partial charge in [-0.05, 0) is 51.3 Å². The van der Waals surface area contributed by atoms with E-state index in [0.717, 1.165) is 48.5 Å². The van der Waals surface area contributed by atoms with Crippen molar-refractivity contribution in [3.63, 3.8) is 0 Å². The van der Waals surface area contributed by atoms with Crippen LogP contribution in [0.5, 0.6) is 0 Å². The van der Waals surface area contributed by atoms with Crippen LogP contribution in [0.1, 0.15) is 51.0 Å². The molecule has 0 spiro atoms. The van der Waals surface area contributed by atoms with E-state index in [-0.39, 0.29) is 17.5 Å². The number of halogens is 1. The summed E-state index contributed by atoms with van der Waals surface area (Å²) in [5, 5.41) is 2.62. The number of carbonyl (C=O) groups is 1. The van der Waals surface area contributed by atoms with Crippen LogP contribution in [0.3, 0.4) is 0 Å². The molecule has 1 saturated heterocycles. The molecule has 2 unspecified atom stereocenters. The molecule has 7 heteroatoms. The van der Waals surface area contributed by atoms with E-state index in [1.54, 1.807) is 0 Å². The Labute approximate surface area is 177 Å². The van der Waals surface area contributed by atoms with E-state index in [0.29, 0.717) is 6.54 Å². The second kappa shape index (κ2) is 9.09. The average molecular weight is 417 g/mol. The second-order valence-corrected chi connectivity index (χ2v) is 8.85. The van der Waals surface area contributed by atoms with Gasteiger partial charge in [0.05, 0.1) is 11.4 Å². The molecule has 1 N–H and O–H groups in total. The number of alkyl carbamates (subject to hydrolysis) is 1. The molecule has 3 rings (SSSR count). The van der Waals surface area contributed by atoms with Gasteiger partial charge in [0.1, 0.15) is 11.4 Å². The maximum atomic E-state index is 11.8. The highest BCUT2D eigenvalue weighted by atomic mass is 35.5. The van der Waals surface area contributed by atoms with Crippen LogP contribution in [-0.4, -0.2) is 51.6 Å². The molecule has 29 heavy (non-hydrogen) atoms. The van der Waals surface area contributed by atoms with Gasteiger partial charge >= 0.3 is 6.09 Å². The minimum absolute atomic E-state index is 0.168. The fourth-order valence-corrected chi connectivity index (χ4v) is 3.67. The van der Waals surface area contributed by atoms with Crippen LogP contribution in [0.25, 0.3) is 5.57 Å². The third-order valence-corrected chi connectivity index (χ3v) is 5.30. The molecule has 156 valence electrons. The SMILES string of the molecule is C=C1C=CC(c2cnc(C3CCCN3CCNC(=O)OC(C)(C)C)nc2)=CC1Cl. The van der Waals surface area contributed by atoms with E-state index >= 15 is 0 Å². The number of carbonyl (C=O) groups excluding carboxylic acids is 1. The van der Waals surface area contributed by atoms with Crippen LogP contribution < -0.4 is 5.32 Å². The summed E-state index contributed by atoms with van der Waals surface area (Å²) < 4.78 is 5.28. The Kier molecular flexibility index (Phi) is 6.75. The maximum Gasteiger partial charge on any atom is 0.407 e. The summed E-state index contributed by atoms with van der Waals surface area (Å²) in [6, 6.07) is 0.168. The number of hydrogen-bond acceptors (Lipinski definition) is 5. The lowest BCUT2D eigenvalue weighted by Crippen LogP contribution is -2.38. The summed E-state index contributed by atoms with van der Waals surface area (Å²) in [4.78, 5) is 23.4. The zero-order valence-corrected chi connectivity index (χ0v) is 18.1.